The van der Waals surface area contributed by atoms with Crippen LogP contribution in [0.5, 0.6) is 5.75 Å². The number of ether oxygens (including phenoxy) is 1. The standard InChI is InChI=1S/C19H23BrN2O4S/c1-5-22(6-2)27(24,25)18-12-14(7-10-17(18)26-4)19(23)21-16-9-8-15(20)11-13(16)3/h7-12H,5-6H2,1-4H3,(H,21,23). The minimum atomic E-state index is -3.76. The second-order valence-electron chi connectivity index (χ2n) is 5.87. The van der Waals surface area contributed by atoms with E-state index >= 15 is 0 Å². The highest BCUT2D eigenvalue weighted by Gasteiger charge is 2.26. The summed E-state index contributed by atoms with van der Waals surface area (Å²) in [5.41, 5.74) is 1.79. The molecule has 0 aliphatic carbocycles. The maximum Gasteiger partial charge on any atom is 0.255 e. The second kappa shape index (κ2) is 8.86. The van der Waals surface area contributed by atoms with Gasteiger partial charge in [-0.15, -0.1) is 0 Å². The van der Waals surface area contributed by atoms with E-state index in [2.05, 4.69) is 21.2 Å². The van der Waals surface area contributed by atoms with Gasteiger partial charge in [-0.3, -0.25) is 4.79 Å². The van der Waals surface area contributed by atoms with Gasteiger partial charge in [-0.05, 0) is 48.9 Å². The Morgan fingerprint density at radius 1 is 1.15 bits per heavy atom. The summed E-state index contributed by atoms with van der Waals surface area (Å²) in [6.07, 6.45) is 0. The number of nitrogens with zero attached hydrogens (tertiary/aromatic N) is 1. The molecule has 2 aromatic rings. The van der Waals surface area contributed by atoms with Gasteiger partial charge < -0.3 is 10.1 Å². The minimum Gasteiger partial charge on any atom is -0.495 e. The van der Waals surface area contributed by atoms with Crippen LogP contribution in [0.2, 0.25) is 0 Å². The smallest absolute Gasteiger partial charge is 0.255 e. The normalized spacial score (nSPS) is 11.5. The zero-order valence-corrected chi connectivity index (χ0v) is 18.1. The first-order valence-electron chi connectivity index (χ1n) is 8.50. The molecule has 0 heterocycles. The van der Waals surface area contributed by atoms with E-state index in [-0.39, 0.29) is 22.1 Å². The van der Waals surface area contributed by atoms with Crippen molar-refractivity contribution in [3.05, 3.63) is 52.0 Å². The van der Waals surface area contributed by atoms with Crippen molar-refractivity contribution in [2.75, 3.05) is 25.5 Å². The Bertz CT molecular complexity index is 941. The fraction of sp³-hybridized carbons (Fsp3) is 0.316. The molecule has 8 heteroatoms. The number of aryl methyl sites for hydroxylation is 1. The van der Waals surface area contributed by atoms with Gasteiger partial charge in [-0.1, -0.05) is 29.8 Å². The summed E-state index contributed by atoms with van der Waals surface area (Å²) >= 11 is 3.38. The predicted molar refractivity (Wildman–Crippen MR) is 110 cm³/mol. The molecular formula is C19H23BrN2O4S. The summed E-state index contributed by atoms with van der Waals surface area (Å²) < 4.78 is 33.3. The van der Waals surface area contributed by atoms with E-state index in [9.17, 15) is 13.2 Å². The van der Waals surface area contributed by atoms with Gasteiger partial charge in [0.2, 0.25) is 10.0 Å². The molecule has 27 heavy (non-hydrogen) atoms. The van der Waals surface area contributed by atoms with Crippen LogP contribution in [0.1, 0.15) is 29.8 Å². The lowest BCUT2D eigenvalue weighted by Gasteiger charge is -2.20. The summed E-state index contributed by atoms with van der Waals surface area (Å²) in [5.74, 6) is -0.183. The van der Waals surface area contributed by atoms with Crippen LogP contribution in [0.4, 0.5) is 5.69 Å². The molecule has 0 atom stereocenters. The van der Waals surface area contributed by atoms with E-state index in [1.54, 1.807) is 26.0 Å². The predicted octanol–water partition coefficient (Wildman–Crippen LogP) is 4.05. The second-order valence-corrected chi connectivity index (χ2v) is 8.69. The quantitative estimate of drug-likeness (QED) is 0.684. The first-order valence-corrected chi connectivity index (χ1v) is 10.7. The van der Waals surface area contributed by atoms with Gasteiger partial charge in [0, 0.05) is 28.8 Å². The number of carbonyl (C=O) groups excluding carboxylic acids is 1. The number of anilines is 1. The molecule has 0 aliphatic rings. The fourth-order valence-electron chi connectivity index (χ4n) is 2.68. The number of sulfonamides is 1. The Balaban J connectivity index is 2.43. The zero-order valence-electron chi connectivity index (χ0n) is 15.7. The highest BCUT2D eigenvalue weighted by atomic mass is 79.9. The summed E-state index contributed by atoms with van der Waals surface area (Å²) in [5, 5.41) is 2.82. The molecule has 0 bridgehead atoms. The van der Waals surface area contributed by atoms with Gasteiger partial charge in [0.15, 0.2) is 0 Å². The van der Waals surface area contributed by atoms with E-state index in [1.807, 2.05) is 19.1 Å². The van der Waals surface area contributed by atoms with Gasteiger partial charge in [-0.2, -0.15) is 4.31 Å². The van der Waals surface area contributed by atoms with Crippen LogP contribution in [0.3, 0.4) is 0 Å². The largest absolute Gasteiger partial charge is 0.495 e. The maximum absolute atomic E-state index is 12.9. The minimum absolute atomic E-state index is 0.0196. The first kappa shape index (κ1) is 21.4. The number of benzene rings is 2. The van der Waals surface area contributed by atoms with E-state index in [4.69, 9.17) is 4.74 Å². The van der Waals surface area contributed by atoms with E-state index in [0.717, 1.165) is 10.0 Å². The number of hydrogen-bond acceptors (Lipinski definition) is 4. The van der Waals surface area contributed by atoms with Gasteiger partial charge in [-0.25, -0.2) is 8.42 Å². The number of hydrogen-bond donors (Lipinski definition) is 1. The molecule has 0 aromatic heterocycles. The Hall–Kier alpha value is -1.90. The van der Waals surface area contributed by atoms with Crippen LogP contribution in [0.15, 0.2) is 45.8 Å². The lowest BCUT2D eigenvalue weighted by molar-refractivity contribution is 0.102. The van der Waals surface area contributed by atoms with Crippen molar-refractivity contribution < 1.29 is 17.9 Å². The number of methoxy groups -OCH3 is 1. The average molecular weight is 455 g/mol. The number of nitrogens with one attached hydrogen (secondary N) is 1. The first-order chi connectivity index (χ1) is 12.7. The van der Waals surface area contributed by atoms with Gasteiger partial charge >= 0.3 is 0 Å². The molecule has 0 fully saturated rings. The number of halogens is 1. The van der Waals surface area contributed by atoms with Crippen molar-refractivity contribution in [3.8, 4) is 5.75 Å². The molecule has 2 aromatic carbocycles. The average Bonchev–Trinajstić information content (AvgIpc) is 2.64. The monoisotopic (exact) mass is 454 g/mol. The molecule has 0 aliphatic heterocycles. The van der Waals surface area contributed by atoms with E-state index in [1.165, 1.54) is 23.5 Å². The van der Waals surface area contributed by atoms with Crippen molar-refractivity contribution in [3.63, 3.8) is 0 Å². The van der Waals surface area contributed by atoms with Crippen molar-refractivity contribution in [1.29, 1.82) is 0 Å². The van der Waals surface area contributed by atoms with Gasteiger partial charge in [0.1, 0.15) is 10.6 Å². The molecule has 1 N–H and O–H groups in total. The highest BCUT2D eigenvalue weighted by molar-refractivity contribution is 9.10. The molecule has 6 nitrogen and oxygen atoms in total. The van der Waals surface area contributed by atoms with Crippen molar-refractivity contribution in [2.24, 2.45) is 0 Å². The Morgan fingerprint density at radius 3 is 2.37 bits per heavy atom. The highest BCUT2D eigenvalue weighted by Crippen LogP contribution is 2.28. The molecule has 0 unspecified atom stereocenters. The number of carbonyl (C=O) groups is 1. The third kappa shape index (κ3) is 4.69. The SMILES string of the molecule is CCN(CC)S(=O)(=O)c1cc(C(=O)Nc2ccc(Br)cc2C)ccc1OC. The van der Waals surface area contributed by atoms with Crippen molar-refractivity contribution >= 4 is 37.5 Å². The number of rotatable bonds is 7. The van der Waals surface area contributed by atoms with Crippen LogP contribution in [0.25, 0.3) is 0 Å². The van der Waals surface area contributed by atoms with Crippen LogP contribution >= 0.6 is 15.9 Å². The third-order valence-electron chi connectivity index (χ3n) is 4.19. The summed E-state index contributed by atoms with van der Waals surface area (Å²) in [6.45, 7) is 6.07. The van der Waals surface area contributed by atoms with Crippen LogP contribution < -0.4 is 10.1 Å². The summed E-state index contributed by atoms with van der Waals surface area (Å²) in [7, 11) is -2.36. The maximum atomic E-state index is 12.9. The van der Waals surface area contributed by atoms with Crippen LogP contribution in [-0.2, 0) is 10.0 Å². The lowest BCUT2D eigenvalue weighted by atomic mass is 10.1. The molecular weight excluding hydrogens is 432 g/mol. The molecule has 146 valence electrons. The third-order valence-corrected chi connectivity index (χ3v) is 6.75. The summed E-state index contributed by atoms with van der Waals surface area (Å²) in [4.78, 5) is 12.6. The summed E-state index contributed by atoms with van der Waals surface area (Å²) in [6, 6.07) is 9.90. The molecule has 0 saturated carbocycles. The van der Waals surface area contributed by atoms with Crippen LogP contribution in [0, 0.1) is 6.92 Å². The lowest BCUT2D eigenvalue weighted by Crippen LogP contribution is -2.31. The van der Waals surface area contributed by atoms with Crippen molar-refractivity contribution in [2.45, 2.75) is 25.7 Å². The Kier molecular flexibility index (Phi) is 7.02. The Morgan fingerprint density at radius 2 is 1.81 bits per heavy atom. The molecule has 2 rings (SSSR count). The molecule has 1 amide bonds. The van der Waals surface area contributed by atoms with Crippen molar-refractivity contribution in [1.82, 2.24) is 4.31 Å². The fourth-order valence-corrected chi connectivity index (χ4v) is 4.80. The molecule has 0 radical (unpaired) electrons. The van der Waals surface area contributed by atoms with Crippen LogP contribution in [-0.4, -0.2) is 38.8 Å². The van der Waals surface area contributed by atoms with Gasteiger partial charge in [0.25, 0.3) is 5.91 Å². The zero-order chi connectivity index (χ0) is 20.2. The van der Waals surface area contributed by atoms with Gasteiger partial charge in [0.05, 0.1) is 7.11 Å². The number of amides is 1. The van der Waals surface area contributed by atoms with E-state index in [0.29, 0.717) is 18.8 Å². The Labute approximate surface area is 168 Å². The van der Waals surface area contributed by atoms with E-state index < -0.39 is 10.0 Å². The molecule has 0 saturated heterocycles. The topological polar surface area (TPSA) is 75.7 Å². The molecule has 0 spiro atoms.